The minimum atomic E-state index is 0.0990. The molecule has 1 heterocycles. The molecule has 8 heteroatoms. The summed E-state index contributed by atoms with van der Waals surface area (Å²) in [6, 6.07) is 7.87. The summed E-state index contributed by atoms with van der Waals surface area (Å²) in [5, 5.41) is 18.9. The Kier molecular flexibility index (Phi) is 9.17. The Bertz CT molecular complexity index is 603. The standard InChI is InChI=1S/C17H24ClN3O3S/c18-20-13-16-12-19-17(25-16)14-2-4-15(5-3-14)24-11-1-6-21(7-9-22)8-10-23/h2-5,12,20,22-23H,1,6-11,13H2. The van der Waals surface area contributed by atoms with E-state index in [2.05, 4.69) is 9.82 Å². The molecule has 0 saturated heterocycles. The Hall–Kier alpha value is -1.22. The monoisotopic (exact) mass is 385 g/mol. The van der Waals surface area contributed by atoms with Crippen molar-refractivity contribution in [1.29, 1.82) is 0 Å². The van der Waals surface area contributed by atoms with Crippen LogP contribution in [0, 0.1) is 0 Å². The van der Waals surface area contributed by atoms with E-state index >= 15 is 0 Å². The minimum absolute atomic E-state index is 0.0990. The average molecular weight is 386 g/mol. The molecule has 0 spiro atoms. The van der Waals surface area contributed by atoms with E-state index in [1.54, 1.807) is 11.3 Å². The van der Waals surface area contributed by atoms with Crippen LogP contribution >= 0.6 is 23.1 Å². The maximum atomic E-state index is 8.98. The number of aliphatic hydroxyl groups is 2. The second-order valence-electron chi connectivity index (χ2n) is 5.46. The van der Waals surface area contributed by atoms with Gasteiger partial charge in [0.25, 0.3) is 0 Å². The molecule has 0 aliphatic carbocycles. The molecule has 0 amide bonds. The van der Waals surface area contributed by atoms with Crippen LogP contribution in [0.5, 0.6) is 5.75 Å². The van der Waals surface area contributed by atoms with E-state index < -0.39 is 0 Å². The lowest BCUT2D eigenvalue weighted by molar-refractivity contribution is 0.153. The zero-order valence-corrected chi connectivity index (χ0v) is 15.6. The summed E-state index contributed by atoms with van der Waals surface area (Å²) in [5.41, 5.74) is 1.05. The topological polar surface area (TPSA) is 77.9 Å². The van der Waals surface area contributed by atoms with E-state index in [1.165, 1.54) is 0 Å². The van der Waals surface area contributed by atoms with Crippen LogP contribution in [-0.4, -0.2) is 59.6 Å². The van der Waals surface area contributed by atoms with Gasteiger partial charge in [0, 0.05) is 42.8 Å². The molecule has 0 saturated carbocycles. The van der Waals surface area contributed by atoms with Gasteiger partial charge in [0.1, 0.15) is 10.8 Å². The number of aliphatic hydroxyl groups excluding tert-OH is 2. The van der Waals surface area contributed by atoms with Gasteiger partial charge in [0.2, 0.25) is 0 Å². The van der Waals surface area contributed by atoms with Gasteiger partial charge in [-0.15, -0.1) is 11.3 Å². The molecule has 0 aliphatic heterocycles. The molecule has 3 N–H and O–H groups in total. The predicted molar refractivity (Wildman–Crippen MR) is 101 cm³/mol. The number of hydrogen-bond donors (Lipinski definition) is 3. The normalized spacial score (nSPS) is 11.2. The van der Waals surface area contributed by atoms with Crippen molar-refractivity contribution in [2.45, 2.75) is 13.0 Å². The van der Waals surface area contributed by atoms with Crippen LogP contribution in [0.1, 0.15) is 11.3 Å². The van der Waals surface area contributed by atoms with Gasteiger partial charge in [0.05, 0.1) is 19.8 Å². The molecule has 0 fully saturated rings. The zero-order valence-electron chi connectivity index (χ0n) is 14.0. The van der Waals surface area contributed by atoms with Gasteiger partial charge in [-0.3, -0.25) is 4.90 Å². The van der Waals surface area contributed by atoms with E-state index in [4.69, 9.17) is 26.7 Å². The van der Waals surface area contributed by atoms with Gasteiger partial charge in [0.15, 0.2) is 0 Å². The van der Waals surface area contributed by atoms with E-state index in [1.807, 2.05) is 35.4 Å². The van der Waals surface area contributed by atoms with Crippen molar-refractivity contribution in [1.82, 2.24) is 14.7 Å². The second kappa shape index (κ2) is 11.4. The fraction of sp³-hybridized carbons (Fsp3) is 0.471. The third-order valence-electron chi connectivity index (χ3n) is 3.62. The van der Waals surface area contributed by atoms with Crippen LogP contribution < -0.4 is 9.57 Å². The highest BCUT2D eigenvalue weighted by Crippen LogP contribution is 2.26. The average Bonchev–Trinajstić information content (AvgIpc) is 3.08. The fourth-order valence-electron chi connectivity index (χ4n) is 2.38. The smallest absolute Gasteiger partial charge is 0.123 e. The molecule has 1 aromatic heterocycles. The Morgan fingerprint density at radius 1 is 1.12 bits per heavy atom. The van der Waals surface area contributed by atoms with Gasteiger partial charge in [-0.05, 0) is 42.5 Å². The first-order valence-electron chi connectivity index (χ1n) is 8.22. The molecule has 0 aliphatic rings. The highest BCUT2D eigenvalue weighted by Gasteiger charge is 2.06. The van der Waals surface area contributed by atoms with Gasteiger partial charge in [-0.1, -0.05) is 0 Å². The molecule has 1 aromatic carbocycles. The number of ether oxygens (including phenoxy) is 1. The predicted octanol–water partition coefficient (Wildman–Crippen LogP) is 2.11. The minimum Gasteiger partial charge on any atom is -0.494 e. The van der Waals surface area contributed by atoms with Gasteiger partial charge in [-0.2, -0.15) is 0 Å². The van der Waals surface area contributed by atoms with Crippen molar-refractivity contribution in [3.63, 3.8) is 0 Å². The van der Waals surface area contributed by atoms with E-state index in [0.717, 1.165) is 34.2 Å². The SMILES string of the molecule is OCCN(CCO)CCCOc1ccc(-c2ncc(CNCl)s2)cc1. The van der Waals surface area contributed by atoms with Crippen molar-refractivity contribution in [3.8, 4) is 16.3 Å². The van der Waals surface area contributed by atoms with Crippen LogP contribution in [0.2, 0.25) is 0 Å². The first-order chi connectivity index (χ1) is 12.3. The Morgan fingerprint density at radius 3 is 2.48 bits per heavy atom. The van der Waals surface area contributed by atoms with E-state index in [-0.39, 0.29) is 13.2 Å². The van der Waals surface area contributed by atoms with Crippen molar-refractivity contribution in [2.24, 2.45) is 0 Å². The van der Waals surface area contributed by atoms with Crippen LogP contribution in [0.15, 0.2) is 30.5 Å². The molecular weight excluding hydrogens is 362 g/mol. The molecule has 2 aromatic rings. The Labute approximate surface area is 157 Å². The zero-order chi connectivity index (χ0) is 17.9. The third-order valence-corrected chi connectivity index (χ3v) is 4.80. The van der Waals surface area contributed by atoms with Crippen molar-refractivity contribution >= 4 is 23.1 Å². The summed E-state index contributed by atoms with van der Waals surface area (Å²) in [6.45, 7) is 3.33. The molecule has 0 radical (unpaired) electrons. The summed E-state index contributed by atoms with van der Waals surface area (Å²) >= 11 is 7.12. The first kappa shape index (κ1) is 20.1. The number of rotatable bonds is 12. The van der Waals surface area contributed by atoms with Gasteiger partial charge >= 0.3 is 0 Å². The molecule has 25 heavy (non-hydrogen) atoms. The maximum absolute atomic E-state index is 8.98. The third kappa shape index (κ3) is 6.89. The molecule has 6 nitrogen and oxygen atoms in total. The largest absolute Gasteiger partial charge is 0.494 e. The van der Waals surface area contributed by atoms with Crippen LogP contribution in [0.4, 0.5) is 0 Å². The van der Waals surface area contributed by atoms with Gasteiger partial charge < -0.3 is 14.9 Å². The lowest BCUT2D eigenvalue weighted by Crippen LogP contribution is -2.31. The summed E-state index contributed by atoms with van der Waals surface area (Å²) in [5.74, 6) is 0.818. The Morgan fingerprint density at radius 2 is 1.84 bits per heavy atom. The quantitative estimate of drug-likeness (QED) is 0.383. The number of thiazole rings is 1. The number of halogens is 1. The van der Waals surface area contributed by atoms with Crippen molar-refractivity contribution in [2.75, 3.05) is 39.5 Å². The summed E-state index contributed by atoms with van der Waals surface area (Å²) in [6.07, 6.45) is 2.66. The molecular formula is C17H24ClN3O3S. The van der Waals surface area contributed by atoms with Crippen molar-refractivity contribution < 1.29 is 14.9 Å². The maximum Gasteiger partial charge on any atom is 0.123 e. The van der Waals surface area contributed by atoms with Crippen LogP contribution in [-0.2, 0) is 6.54 Å². The van der Waals surface area contributed by atoms with E-state index in [9.17, 15) is 0 Å². The highest BCUT2D eigenvalue weighted by molar-refractivity contribution is 7.15. The first-order valence-corrected chi connectivity index (χ1v) is 9.41. The summed E-state index contributed by atoms with van der Waals surface area (Å²) in [7, 11) is 0. The van der Waals surface area contributed by atoms with Crippen LogP contribution in [0.25, 0.3) is 10.6 Å². The number of aromatic nitrogens is 1. The molecule has 2 rings (SSSR count). The summed E-state index contributed by atoms with van der Waals surface area (Å²) in [4.78, 5) is 10.1. The molecule has 0 bridgehead atoms. The van der Waals surface area contributed by atoms with Crippen LogP contribution in [0.3, 0.4) is 0 Å². The number of nitrogens with one attached hydrogen (secondary N) is 1. The number of hydrogen-bond acceptors (Lipinski definition) is 7. The second-order valence-corrected chi connectivity index (χ2v) is 6.84. The van der Waals surface area contributed by atoms with Crippen molar-refractivity contribution in [3.05, 3.63) is 35.3 Å². The molecule has 0 atom stereocenters. The number of benzene rings is 1. The Balaban J connectivity index is 1.78. The lowest BCUT2D eigenvalue weighted by atomic mass is 10.2. The van der Waals surface area contributed by atoms with Gasteiger partial charge in [-0.25, -0.2) is 9.82 Å². The molecule has 138 valence electrons. The fourth-order valence-corrected chi connectivity index (χ4v) is 3.46. The van der Waals surface area contributed by atoms with E-state index in [0.29, 0.717) is 26.2 Å². The number of nitrogens with zero attached hydrogens (tertiary/aromatic N) is 2. The lowest BCUT2D eigenvalue weighted by Gasteiger charge is -2.19. The summed E-state index contributed by atoms with van der Waals surface area (Å²) < 4.78 is 5.75. The molecule has 0 unspecified atom stereocenters. The highest BCUT2D eigenvalue weighted by atomic mass is 35.5.